The Morgan fingerprint density at radius 1 is 1.00 bits per heavy atom. The van der Waals surface area contributed by atoms with E-state index in [4.69, 9.17) is 11.6 Å². The van der Waals surface area contributed by atoms with Gasteiger partial charge in [0.15, 0.2) is 0 Å². The Hall–Kier alpha value is -3.77. The minimum Gasteiger partial charge on any atom is -0.361 e. The van der Waals surface area contributed by atoms with Crippen molar-refractivity contribution >= 4 is 51.4 Å². The summed E-state index contributed by atoms with van der Waals surface area (Å²) in [5, 5.41) is 6.89. The van der Waals surface area contributed by atoms with Crippen molar-refractivity contribution in [2.45, 2.75) is 27.3 Å². The zero-order chi connectivity index (χ0) is 25.2. The van der Waals surface area contributed by atoms with Crippen LogP contribution in [0.2, 0.25) is 0 Å². The number of anilines is 3. The van der Waals surface area contributed by atoms with Gasteiger partial charge in [0.05, 0.1) is 17.9 Å². The first-order valence-electron chi connectivity index (χ1n) is 11.6. The van der Waals surface area contributed by atoms with E-state index in [1.807, 2.05) is 79.5 Å². The maximum atomic E-state index is 11.8. The molecule has 3 N–H and O–H groups in total. The van der Waals surface area contributed by atoms with Crippen molar-refractivity contribution in [3.05, 3.63) is 90.1 Å². The lowest BCUT2D eigenvalue weighted by Crippen LogP contribution is -2.37. The summed E-state index contributed by atoms with van der Waals surface area (Å²) in [6.07, 6.45) is 2.03. The van der Waals surface area contributed by atoms with Crippen molar-refractivity contribution in [3.63, 3.8) is 0 Å². The minimum absolute atomic E-state index is 0.0188. The first-order chi connectivity index (χ1) is 17.0. The minimum atomic E-state index is -0.235. The number of aromatic nitrogens is 1. The van der Waals surface area contributed by atoms with Crippen molar-refractivity contribution in [1.29, 1.82) is 0 Å². The molecule has 0 atom stereocenters. The van der Waals surface area contributed by atoms with E-state index in [0.29, 0.717) is 18.8 Å². The lowest BCUT2D eigenvalue weighted by Gasteiger charge is -2.30. The van der Waals surface area contributed by atoms with E-state index in [0.717, 1.165) is 16.9 Å². The third kappa shape index (κ3) is 6.87. The molecule has 35 heavy (non-hydrogen) atoms. The highest BCUT2D eigenvalue weighted by Gasteiger charge is 2.21. The van der Waals surface area contributed by atoms with E-state index >= 15 is 0 Å². The standard InChI is InChI=1S/C17H16ClN3O2.C9H9N.C2H6/c18-9-16(22)19-13-7-5-12(6-8-13)10-21-11-17(23)20-14-3-1-2-4-15(14)21;1-7-6-10-9-5-3-2-4-8(7)9;1-2/h1-8H,9-11H2,(H,19,22)(H,20,23);2-6,10H,1H3;1-2H3. The normalized spacial score (nSPS) is 11.9. The van der Waals surface area contributed by atoms with Crippen molar-refractivity contribution in [2.24, 2.45) is 0 Å². The lowest BCUT2D eigenvalue weighted by molar-refractivity contribution is -0.115. The Morgan fingerprint density at radius 2 is 1.69 bits per heavy atom. The van der Waals surface area contributed by atoms with Gasteiger partial charge in [-0.3, -0.25) is 9.59 Å². The van der Waals surface area contributed by atoms with E-state index in [-0.39, 0.29) is 17.7 Å². The molecule has 0 fully saturated rings. The van der Waals surface area contributed by atoms with Gasteiger partial charge in [0.1, 0.15) is 5.88 Å². The molecular weight excluding hydrogens is 460 g/mol. The predicted molar refractivity (Wildman–Crippen MR) is 146 cm³/mol. The second-order valence-electron chi connectivity index (χ2n) is 7.82. The average molecular weight is 491 g/mol. The van der Waals surface area contributed by atoms with Crippen molar-refractivity contribution in [3.8, 4) is 0 Å². The summed E-state index contributed by atoms with van der Waals surface area (Å²) in [5.41, 5.74) is 6.13. The third-order valence-electron chi connectivity index (χ3n) is 5.38. The van der Waals surface area contributed by atoms with E-state index < -0.39 is 0 Å². The number of halogens is 1. The molecule has 1 aromatic heterocycles. The number of hydrogen-bond donors (Lipinski definition) is 3. The lowest BCUT2D eigenvalue weighted by atomic mass is 10.1. The molecule has 1 aliphatic rings. The van der Waals surface area contributed by atoms with Crippen LogP contribution in [0, 0.1) is 6.92 Å². The van der Waals surface area contributed by atoms with Gasteiger partial charge in [0.2, 0.25) is 11.8 Å². The monoisotopic (exact) mass is 490 g/mol. The highest BCUT2D eigenvalue weighted by atomic mass is 35.5. The predicted octanol–water partition coefficient (Wildman–Crippen LogP) is 6.33. The first-order valence-corrected chi connectivity index (χ1v) is 12.2. The van der Waals surface area contributed by atoms with Crippen LogP contribution in [0.1, 0.15) is 25.0 Å². The molecule has 0 unspecified atom stereocenters. The van der Waals surface area contributed by atoms with Crippen LogP contribution in [0.25, 0.3) is 10.9 Å². The van der Waals surface area contributed by atoms with Gasteiger partial charge >= 0.3 is 0 Å². The molecule has 2 heterocycles. The van der Waals surface area contributed by atoms with Crippen LogP contribution in [-0.4, -0.2) is 29.2 Å². The molecule has 0 aliphatic carbocycles. The van der Waals surface area contributed by atoms with E-state index in [2.05, 4.69) is 40.7 Å². The topological polar surface area (TPSA) is 77.2 Å². The first kappa shape index (κ1) is 25.8. The maximum absolute atomic E-state index is 11.8. The van der Waals surface area contributed by atoms with Gasteiger partial charge in [-0.05, 0) is 48.4 Å². The molecule has 1 aliphatic heterocycles. The zero-order valence-corrected chi connectivity index (χ0v) is 21.0. The number of nitrogens with one attached hydrogen (secondary N) is 3. The molecule has 3 aromatic carbocycles. The molecule has 2 amide bonds. The second kappa shape index (κ2) is 12.6. The summed E-state index contributed by atoms with van der Waals surface area (Å²) in [6, 6.07) is 23.6. The van der Waals surface area contributed by atoms with Gasteiger partial charge < -0.3 is 20.5 Å². The molecule has 0 spiro atoms. The summed E-state index contributed by atoms with van der Waals surface area (Å²) >= 11 is 5.47. The number of nitrogens with zero attached hydrogens (tertiary/aromatic N) is 1. The number of benzene rings is 3. The highest BCUT2D eigenvalue weighted by molar-refractivity contribution is 6.29. The van der Waals surface area contributed by atoms with Crippen LogP contribution in [0.15, 0.2) is 79.0 Å². The number of hydrogen-bond acceptors (Lipinski definition) is 3. The number of amides is 2. The molecular formula is C28H31ClN4O2. The summed E-state index contributed by atoms with van der Waals surface area (Å²) < 4.78 is 0. The third-order valence-corrected chi connectivity index (χ3v) is 5.62. The number of fused-ring (bicyclic) bond motifs is 2. The largest absolute Gasteiger partial charge is 0.361 e. The van der Waals surface area contributed by atoms with Crippen LogP contribution in [0.3, 0.4) is 0 Å². The number of carbonyl (C=O) groups excluding carboxylic acids is 2. The summed E-state index contributed by atoms with van der Waals surface area (Å²) in [5.74, 6) is -0.322. The van der Waals surface area contributed by atoms with Gasteiger partial charge in [0.25, 0.3) is 0 Å². The maximum Gasteiger partial charge on any atom is 0.243 e. The summed E-state index contributed by atoms with van der Waals surface area (Å²) in [4.78, 5) is 28.3. The number of H-pyrrole nitrogens is 1. The Labute approximate surface area is 211 Å². The molecule has 182 valence electrons. The summed E-state index contributed by atoms with van der Waals surface area (Å²) in [6.45, 7) is 7.05. The highest BCUT2D eigenvalue weighted by Crippen LogP contribution is 2.30. The van der Waals surface area contributed by atoms with Crippen LogP contribution in [0.5, 0.6) is 0 Å². The number of carbonyl (C=O) groups is 2. The van der Waals surface area contributed by atoms with Gasteiger partial charge in [0, 0.05) is 29.3 Å². The fourth-order valence-corrected chi connectivity index (χ4v) is 3.84. The molecule has 0 radical (unpaired) electrons. The zero-order valence-electron chi connectivity index (χ0n) is 20.3. The molecule has 0 saturated heterocycles. The number of rotatable bonds is 4. The van der Waals surface area contributed by atoms with Crippen LogP contribution in [0.4, 0.5) is 17.1 Å². The molecule has 6 nitrogen and oxygen atoms in total. The molecule has 0 saturated carbocycles. The summed E-state index contributed by atoms with van der Waals surface area (Å²) in [7, 11) is 0. The molecule has 7 heteroatoms. The Morgan fingerprint density at radius 3 is 2.40 bits per heavy atom. The van der Waals surface area contributed by atoms with E-state index in [9.17, 15) is 9.59 Å². The van der Waals surface area contributed by atoms with E-state index in [1.165, 1.54) is 16.5 Å². The van der Waals surface area contributed by atoms with Crippen molar-refractivity contribution in [2.75, 3.05) is 28.0 Å². The van der Waals surface area contributed by atoms with Gasteiger partial charge in [-0.2, -0.15) is 0 Å². The van der Waals surface area contributed by atoms with Crippen molar-refractivity contribution < 1.29 is 9.59 Å². The van der Waals surface area contributed by atoms with Gasteiger partial charge in [-0.1, -0.05) is 56.3 Å². The Kier molecular flexibility index (Phi) is 9.32. The SMILES string of the molecule is CC.Cc1c[nH]c2ccccc12.O=C(CCl)Nc1ccc(CN2CC(=O)Nc3ccccc32)cc1. The number of alkyl halides is 1. The Balaban J connectivity index is 0.000000236. The Bertz CT molecular complexity index is 1270. The number of para-hydroxylation sites is 3. The average Bonchev–Trinajstić information content (AvgIpc) is 3.27. The van der Waals surface area contributed by atoms with E-state index in [1.54, 1.807) is 0 Å². The fourth-order valence-electron chi connectivity index (χ4n) is 3.77. The van der Waals surface area contributed by atoms with Gasteiger partial charge in [-0.15, -0.1) is 11.6 Å². The van der Waals surface area contributed by atoms with Crippen LogP contribution < -0.4 is 15.5 Å². The number of aromatic amines is 1. The number of aryl methyl sites for hydroxylation is 1. The van der Waals surface area contributed by atoms with Gasteiger partial charge in [-0.25, -0.2) is 0 Å². The fraction of sp³-hybridized carbons (Fsp3) is 0.214. The molecule has 4 aromatic rings. The van der Waals surface area contributed by atoms with Crippen LogP contribution in [-0.2, 0) is 16.1 Å². The van der Waals surface area contributed by atoms with Crippen molar-refractivity contribution in [1.82, 2.24) is 4.98 Å². The molecule has 0 bridgehead atoms. The quantitative estimate of drug-likeness (QED) is 0.293. The molecule has 5 rings (SSSR count). The smallest absolute Gasteiger partial charge is 0.243 e. The van der Waals surface area contributed by atoms with Crippen LogP contribution >= 0.6 is 11.6 Å². The second-order valence-corrected chi connectivity index (χ2v) is 8.08.